The SMILES string of the molecule is Nc1cccc2cc(C(=O)N3CCNCC3OC(=O)C(F)(F)F)[nH]c12. The predicted molar refractivity (Wildman–Crippen MR) is 82.6 cm³/mol. The maximum Gasteiger partial charge on any atom is 0.491 e. The zero-order valence-corrected chi connectivity index (χ0v) is 12.9. The molecule has 1 atom stereocenters. The Kier molecular flexibility index (Phi) is 4.29. The number of nitrogen functional groups attached to an aromatic ring is 1. The molecule has 0 bridgehead atoms. The second kappa shape index (κ2) is 6.28. The fraction of sp³-hybridized carbons (Fsp3) is 0.333. The number of aromatic nitrogens is 1. The van der Waals surface area contributed by atoms with Gasteiger partial charge in [-0.2, -0.15) is 13.2 Å². The normalized spacial score (nSPS) is 18.4. The lowest BCUT2D eigenvalue weighted by Crippen LogP contribution is -2.56. The molecular formula is C15H15F3N4O3. The average Bonchev–Trinajstić information content (AvgIpc) is 2.99. The zero-order valence-electron chi connectivity index (χ0n) is 12.9. The quantitative estimate of drug-likeness (QED) is 0.555. The van der Waals surface area contributed by atoms with Crippen molar-refractivity contribution in [2.75, 3.05) is 25.4 Å². The first-order chi connectivity index (χ1) is 11.8. The summed E-state index contributed by atoms with van der Waals surface area (Å²) in [6.45, 7) is 0.379. The largest absolute Gasteiger partial charge is 0.491 e. The molecule has 10 heteroatoms. The van der Waals surface area contributed by atoms with Crippen LogP contribution in [0.2, 0.25) is 0 Å². The van der Waals surface area contributed by atoms with Crippen LogP contribution in [-0.4, -0.2) is 53.8 Å². The van der Waals surface area contributed by atoms with Crippen LogP contribution in [0.1, 0.15) is 10.5 Å². The molecule has 0 radical (unpaired) electrons. The molecule has 2 heterocycles. The average molecular weight is 356 g/mol. The Morgan fingerprint density at radius 2 is 2.08 bits per heavy atom. The molecule has 25 heavy (non-hydrogen) atoms. The molecule has 1 aromatic heterocycles. The van der Waals surface area contributed by atoms with Crippen LogP contribution in [0.4, 0.5) is 18.9 Å². The van der Waals surface area contributed by atoms with Crippen molar-refractivity contribution >= 4 is 28.5 Å². The number of esters is 1. The van der Waals surface area contributed by atoms with Gasteiger partial charge in [-0.05, 0) is 12.1 Å². The molecule has 1 amide bonds. The number of ether oxygens (including phenoxy) is 1. The van der Waals surface area contributed by atoms with Crippen LogP contribution in [0.25, 0.3) is 10.9 Å². The van der Waals surface area contributed by atoms with E-state index < -0.39 is 24.3 Å². The van der Waals surface area contributed by atoms with Crippen LogP contribution in [0.15, 0.2) is 24.3 Å². The van der Waals surface area contributed by atoms with Gasteiger partial charge in [-0.1, -0.05) is 12.1 Å². The summed E-state index contributed by atoms with van der Waals surface area (Å²) in [5.74, 6) is -2.91. The molecule has 0 spiro atoms. The highest BCUT2D eigenvalue weighted by atomic mass is 19.4. The molecular weight excluding hydrogens is 341 g/mol. The van der Waals surface area contributed by atoms with E-state index in [1.54, 1.807) is 24.3 Å². The van der Waals surface area contributed by atoms with Crippen LogP contribution in [0, 0.1) is 0 Å². The molecule has 1 saturated heterocycles. The molecule has 1 fully saturated rings. The summed E-state index contributed by atoms with van der Waals surface area (Å²) in [6.07, 6.45) is -6.47. The molecule has 0 aliphatic carbocycles. The number of amides is 1. The highest BCUT2D eigenvalue weighted by molar-refractivity contribution is 6.01. The second-order valence-electron chi connectivity index (χ2n) is 5.55. The Hall–Kier alpha value is -2.75. The molecule has 1 aliphatic heterocycles. The number of alkyl halides is 3. The summed E-state index contributed by atoms with van der Waals surface area (Å²) < 4.78 is 41.7. The highest BCUT2D eigenvalue weighted by Crippen LogP contribution is 2.24. The van der Waals surface area contributed by atoms with Crippen LogP contribution < -0.4 is 11.1 Å². The summed E-state index contributed by atoms with van der Waals surface area (Å²) in [5, 5.41) is 3.49. The summed E-state index contributed by atoms with van der Waals surface area (Å²) >= 11 is 0. The van der Waals surface area contributed by atoms with Crippen molar-refractivity contribution in [2.24, 2.45) is 0 Å². The van der Waals surface area contributed by atoms with E-state index in [-0.39, 0.29) is 18.8 Å². The van der Waals surface area contributed by atoms with E-state index in [9.17, 15) is 22.8 Å². The number of nitrogens with two attached hydrogens (primary N) is 1. The molecule has 7 nitrogen and oxygen atoms in total. The fourth-order valence-corrected chi connectivity index (χ4v) is 2.66. The number of halogens is 3. The third-order valence-electron chi connectivity index (χ3n) is 3.85. The Morgan fingerprint density at radius 3 is 2.76 bits per heavy atom. The minimum Gasteiger partial charge on any atom is -0.433 e. The van der Waals surface area contributed by atoms with Crippen LogP contribution in [0.5, 0.6) is 0 Å². The van der Waals surface area contributed by atoms with Crippen LogP contribution in [0.3, 0.4) is 0 Å². The Morgan fingerprint density at radius 1 is 1.32 bits per heavy atom. The van der Waals surface area contributed by atoms with Gasteiger partial charge in [0.05, 0.1) is 17.7 Å². The Balaban J connectivity index is 1.84. The van der Waals surface area contributed by atoms with Gasteiger partial charge in [-0.15, -0.1) is 0 Å². The fourth-order valence-electron chi connectivity index (χ4n) is 2.66. The monoisotopic (exact) mass is 356 g/mol. The van der Waals surface area contributed by atoms with Crippen molar-refractivity contribution < 1.29 is 27.5 Å². The molecule has 1 unspecified atom stereocenters. The van der Waals surface area contributed by atoms with Gasteiger partial charge in [0, 0.05) is 18.5 Å². The summed E-state index contributed by atoms with van der Waals surface area (Å²) in [5.41, 5.74) is 6.99. The smallest absolute Gasteiger partial charge is 0.433 e. The van der Waals surface area contributed by atoms with E-state index in [4.69, 9.17) is 5.73 Å². The van der Waals surface area contributed by atoms with Gasteiger partial charge in [0.15, 0.2) is 6.23 Å². The standard InChI is InChI=1S/C15H15F3N4O3/c16-15(17,18)14(24)25-11-7-20-4-5-22(11)13(23)10-6-8-2-1-3-9(19)12(8)21-10/h1-3,6,11,20-21H,4-5,7,19H2. The molecule has 2 aromatic rings. The molecule has 0 saturated carbocycles. The molecule has 1 aliphatic rings. The lowest BCUT2D eigenvalue weighted by atomic mass is 10.2. The number of carbonyl (C=O) groups excluding carboxylic acids is 2. The first-order valence-corrected chi connectivity index (χ1v) is 7.44. The van der Waals surface area contributed by atoms with Crippen molar-refractivity contribution in [1.29, 1.82) is 0 Å². The Bertz CT molecular complexity index is 818. The van der Waals surface area contributed by atoms with Crippen molar-refractivity contribution in [3.05, 3.63) is 30.0 Å². The van der Waals surface area contributed by atoms with Crippen molar-refractivity contribution in [3.8, 4) is 0 Å². The number of hydrogen-bond acceptors (Lipinski definition) is 5. The lowest BCUT2D eigenvalue weighted by Gasteiger charge is -2.35. The van der Waals surface area contributed by atoms with Crippen molar-refractivity contribution in [1.82, 2.24) is 15.2 Å². The van der Waals surface area contributed by atoms with E-state index in [2.05, 4.69) is 15.0 Å². The number of aromatic amines is 1. The molecule has 4 N–H and O–H groups in total. The molecule has 1 aromatic carbocycles. The zero-order chi connectivity index (χ0) is 18.2. The first kappa shape index (κ1) is 17.1. The number of H-pyrrole nitrogens is 1. The van der Waals surface area contributed by atoms with Gasteiger partial charge in [-0.3, -0.25) is 9.69 Å². The van der Waals surface area contributed by atoms with Gasteiger partial charge in [0.2, 0.25) is 0 Å². The molecule has 134 valence electrons. The molecule has 3 rings (SSSR count). The third-order valence-corrected chi connectivity index (χ3v) is 3.85. The number of rotatable bonds is 2. The number of nitrogens with zero attached hydrogens (tertiary/aromatic N) is 1. The summed E-state index contributed by atoms with van der Waals surface area (Å²) in [4.78, 5) is 27.7. The number of para-hydroxylation sites is 1. The number of hydrogen-bond donors (Lipinski definition) is 3. The number of nitrogens with one attached hydrogen (secondary N) is 2. The predicted octanol–water partition coefficient (Wildman–Crippen LogP) is 1.23. The Labute approximate surface area is 139 Å². The van der Waals surface area contributed by atoms with Gasteiger partial charge in [0.1, 0.15) is 5.69 Å². The number of anilines is 1. The van der Waals surface area contributed by atoms with Gasteiger partial charge >= 0.3 is 12.1 Å². The van der Waals surface area contributed by atoms with E-state index >= 15 is 0 Å². The van der Waals surface area contributed by atoms with Gasteiger partial charge in [0.25, 0.3) is 5.91 Å². The number of piperazine rings is 1. The number of fused-ring (bicyclic) bond motifs is 1. The van der Waals surface area contributed by atoms with E-state index in [0.29, 0.717) is 23.1 Å². The van der Waals surface area contributed by atoms with E-state index in [0.717, 1.165) is 4.90 Å². The maximum atomic E-state index is 12.7. The topological polar surface area (TPSA) is 100 Å². The minimum atomic E-state index is -5.12. The van der Waals surface area contributed by atoms with E-state index in [1.807, 2.05) is 0 Å². The van der Waals surface area contributed by atoms with Gasteiger partial charge in [-0.25, -0.2) is 4.79 Å². The van der Waals surface area contributed by atoms with Crippen molar-refractivity contribution in [3.63, 3.8) is 0 Å². The first-order valence-electron chi connectivity index (χ1n) is 7.44. The summed E-state index contributed by atoms with van der Waals surface area (Å²) in [7, 11) is 0. The van der Waals surface area contributed by atoms with Gasteiger partial charge < -0.3 is 20.8 Å². The maximum absolute atomic E-state index is 12.7. The van der Waals surface area contributed by atoms with Crippen LogP contribution >= 0.6 is 0 Å². The number of benzene rings is 1. The minimum absolute atomic E-state index is 0.0874. The highest BCUT2D eigenvalue weighted by Gasteiger charge is 2.44. The van der Waals surface area contributed by atoms with Crippen molar-refractivity contribution in [2.45, 2.75) is 12.4 Å². The second-order valence-corrected chi connectivity index (χ2v) is 5.55. The summed E-state index contributed by atoms with van der Waals surface area (Å²) in [6, 6.07) is 6.68. The van der Waals surface area contributed by atoms with Crippen LogP contribution in [-0.2, 0) is 9.53 Å². The number of carbonyl (C=O) groups is 2. The van der Waals surface area contributed by atoms with E-state index in [1.165, 1.54) is 0 Å². The lowest BCUT2D eigenvalue weighted by molar-refractivity contribution is -0.211. The third kappa shape index (κ3) is 3.38.